The van der Waals surface area contributed by atoms with Gasteiger partial charge in [0.2, 0.25) is 10.0 Å². The molecule has 0 aliphatic rings. The summed E-state index contributed by atoms with van der Waals surface area (Å²) in [5, 5.41) is 0. The van der Waals surface area contributed by atoms with Gasteiger partial charge in [-0.2, -0.15) is 0 Å². The first-order chi connectivity index (χ1) is 10.0. The maximum absolute atomic E-state index is 13.3. The number of aromatic nitrogens is 2. The normalized spacial score (nSPS) is 11.7. The van der Waals surface area contributed by atoms with Gasteiger partial charge in [0.05, 0.1) is 12.0 Å². The van der Waals surface area contributed by atoms with Crippen LogP contribution in [0.3, 0.4) is 0 Å². The Morgan fingerprint density at radius 2 is 2.14 bits per heavy atom. The summed E-state index contributed by atoms with van der Waals surface area (Å²) >= 11 is 0. The molecule has 1 heterocycles. The SMILES string of the molecule is Nc1c(F)cccc1S(=O)(=O)NCCCCn1ccnc1. The second-order valence-electron chi connectivity index (χ2n) is 4.56. The van der Waals surface area contributed by atoms with E-state index in [-0.39, 0.29) is 17.1 Å². The number of rotatable bonds is 7. The van der Waals surface area contributed by atoms with E-state index < -0.39 is 15.8 Å². The average molecular weight is 312 g/mol. The molecule has 8 heteroatoms. The number of nitrogen functional groups attached to an aromatic ring is 1. The first-order valence-electron chi connectivity index (χ1n) is 6.50. The maximum Gasteiger partial charge on any atom is 0.242 e. The van der Waals surface area contributed by atoms with Crippen molar-refractivity contribution in [1.82, 2.24) is 14.3 Å². The van der Waals surface area contributed by atoms with Crippen LogP contribution in [0.1, 0.15) is 12.8 Å². The molecule has 2 rings (SSSR count). The predicted octanol–water partition coefficient (Wildman–Crippen LogP) is 1.36. The Bertz CT molecular complexity index is 686. The molecule has 0 unspecified atom stereocenters. The number of hydrogen-bond donors (Lipinski definition) is 2. The summed E-state index contributed by atoms with van der Waals surface area (Å²) in [4.78, 5) is 3.70. The van der Waals surface area contributed by atoms with Crippen LogP contribution in [0.4, 0.5) is 10.1 Å². The van der Waals surface area contributed by atoms with Gasteiger partial charge in [0.1, 0.15) is 10.7 Å². The van der Waals surface area contributed by atoms with Crippen LogP contribution in [0.5, 0.6) is 0 Å². The van der Waals surface area contributed by atoms with Gasteiger partial charge >= 0.3 is 0 Å². The van der Waals surface area contributed by atoms with Crippen molar-refractivity contribution in [2.75, 3.05) is 12.3 Å². The van der Waals surface area contributed by atoms with Crippen LogP contribution in [0.2, 0.25) is 0 Å². The first-order valence-corrected chi connectivity index (χ1v) is 7.98. The van der Waals surface area contributed by atoms with Crippen molar-refractivity contribution in [3.05, 3.63) is 42.7 Å². The van der Waals surface area contributed by atoms with Gasteiger partial charge in [0, 0.05) is 25.5 Å². The van der Waals surface area contributed by atoms with E-state index in [1.54, 1.807) is 12.5 Å². The maximum atomic E-state index is 13.3. The lowest BCUT2D eigenvalue weighted by molar-refractivity contribution is 0.564. The minimum atomic E-state index is -3.78. The van der Waals surface area contributed by atoms with Gasteiger partial charge < -0.3 is 10.3 Å². The number of aryl methyl sites for hydroxylation is 1. The molecule has 21 heavy (non-hydrogen) atoms. The topological polar surface area (TPSA) is 90.0 Å². The van der Waals surface area contributed by atoms with Crippen LogP contribution < -0.4 is 10.5 Å². The van der Waals surface area contributed by atoms with Crippen LogP contribution in [0, 0.1) is 5.82 Å². The van der Waals surface area contributed by atoms with E-state index >= 15 is 0 Å². The average Bonchev–Trinajstić information content (AvgIpc) is 2.94. The molecular weight excluding hydrogens is 295 g/mol. The lowest BCUT2D eigenvalue weighted by atomic mass is 10.3. The highest BCUT2D eigenvalue weighted by atomic mass is 32.2. The van der Waals surface area contributed by atoms with E-state index in [0.717, 1.165) is 19.0 Å². The van der Waals surface area contributed by atoms with Crippen molar-refractivity contribution in [3.8, 4) is 0 Å². The van der Waals surface area contributed by atoms with Crippen LogP contribution in [-0.4, -0.2) is 24.5 Å². The molecule has 0 aliphatic carbocycles. The summed E-state index contributed by atoms with van der Waals surface area (Å²) in [7, 11) is -3.78. The Balaban J connectivity index is 1.85. The number of nitrogens with one attached hydrogen (secondary N) is 1. The van der Waals surface area contributed by atoms with Crippen molar-refractivity contribution in [2.24, 2.45) is 0 Å². The quantitative estimate of drug-likeness (QED) is 0.597. The van der Waals surface area contributed by atoms with Crippen molar-refractivity contribution in [2.45, 2.75) is 24.3 Å². The fraction of sp³-hybridized carbons (Fsp3) is 0.308. The summed E-state index contributed by atoms with van der Waals surface area (Å²) in [5.74, 6) is -0.738. The van der Waals surface area contributed by atoms with Gasteiger partial charge in [-0.05, 0) is 25.0 Å². The minimum Gasteiger partial charge on any atom is -0.395 e. The number of halogens is 1. The van der Waals surface area contributed by atoms with Crippen LogP contribution in [-0.2, 0) is 16.6 Å². The summed E-state index contributed by atoms with van der Waals surface area (Å²) in [5.41, 5.74) is 5.10. The highest BCUT2D eigenvalue weighted by molar-refractivity contribution is 7.89. The van der Waals surface area contributed by atoms with Crippen LogP contribution in [0.15, 0.2) is 41.8 Å². The van der Waals surface area contributed by atoms with E-state index in [4.69, 9.17) is 5.73 Å². The lowest BCUT2D eigenvalue weighted by Crippen LogP contribution is -2.26. The molecule has 0 amide bonds. The largest absolute Gasteiger partial charge is 0.395 e. The molecule has 3 N–H and O–H groups in total. The number of nitrogens with two attached hydrogens (primary N) is 1. The second-order valence-corrected chi connectivity index (χ2v) is 6.29. The van der Waals surface area contributed by atoms with E-state index in [2.05, 4.69) is 9.71 Å². The zero-order chi connectivity index (χ0) is 15.3. The summed E-state index contributed by atoms with van der Waals surface area (Å²) in [6, 6.07) is 3.73. The zero-order valence-electron chi connectivity index (χ0n) is 11.4. The zero-order valence-corrected chi connectivity index (χ0v) is 12.2. The molecule has 0 aliphatic heterocycles. The Kier molecular flexibility index (Phi) is 4.92. The van der Waals surface area contributed by atoms with Crippen LogP contribution in [0.25, 0.3) is 0 Å². The van der Waals surface area contributed by atoms with Gasteiger partial charge in [0.25, 0.3) is 0 Å². The molecule has 114 valence electrons. The van der Waals surface area contributed by atoms with E-state index in [9.17, 15) is 12.8 Å². The lowest BCUT2D eigenvalue weighted by Gasteiger charge is -2.09. The fourth-order valence-corrected chi connectivity index (χ4v) is 3.09. The van der Waals surface area contributed by atoms with Gasteiger partial charge in [-0.1, -0.05) is 6.07 Å². The highest BCUT2D eigenvalue weighted by Gasteiger charge is 2.18. The smallest absolute Gasteiger partial charge is 0.242 e. The molecule has 0 spiro atoms. The summed E-state index contributed by atoms with van der Waals surface area (Å²) in [6.45, 7) is 1.04. The molecule has 1 aromatic heterocycles. The fourth-order valence-electron chi connectivity index (χ4n) is 1.87. The first kappa shape index (κ1) is 15.5. The second kappa shape index (κ2) is 6.68. The number of hydrogen-bond acceptors (Lipinski definition) is 4. The number of benzene rings is 1. The van der Waals surface area contributed by atoms with E-state index in [1.165, 1.54) is 12.1 Å². The van der Waals surface area contributed by atoms with E-state index in [1.807, 2.05) is 10.8 Å². The molecule has 6 nitrogen and oxygen atoms in total. The Morgan fingerprint density at radius 1 is 1.33 bits per heavy atom. The minimum absolute atomic E-state index is 0.225. The number of sulfonamides is 1. The Morgan fingerprint density at radius 3 is 2.86 bits per heavy atom. The highest BCUT2D eigenvalue weighted by Crippen LogP contribution is 2.20. The number of nitrogens with zero attached hydrogens (tertiary/aromatic N) is 2. The van der Waals surface area contributed by atoms with E-state index in [0.29, 0.717) is 6.42 Å². The molecule has 2 aromatic rings. The van der Waals surface area contributed by atoms with Crippen molar-refractivity contribution >= 4 is 15.7 Å². The molecular formula is C13H17FN4O2S. The molecule has 0 radical (unpaired) electrons. The summed E-state index contributed by atoms with van der Waals surface area (Å²) < 4.78 is 41.7. The van der Waals surface area contributed by atoms with Crippen molar-refractivity contribution < 1.29 is 12.8 Å². The van der Waals surface area contributed by atoms with Gasteiger partial charge in [-0.15, -0.1) is 0 Å². The van der Waals surface area contributed by atoms with Gasteiger partial charge in [0.15, 0.2) is 0 Å². The molecule has 1 aromatic carbocycles. The molecule has 0 saturated heterocycles. The Hall–Kier alpha value is -1.93. The van der Waals surface area contributed by atoms with Crippen LogP contribution >= 0.6 is 0 Å². The van der Waals surface area contributed by atoms with Gasteiger partial charge in [-0.25, -0.2) is 22.5 Å². The molecule has 0 bridgehead atoms. The number of anilines is 1. The third kappa shape index (κ3) is 4.02. The standard InChI is InChI=1S/C13H17FN4O2S/c14-11-4-3-5-12(13(11)15)21(19,20)17-6-1-2-8-18-9-7-16-10-18/h3-5,7,9-10,17H,1-2,6,8,15H2. The number of unbranched alkanes of at least 4 members (excludes halogenated alkanes) is 1. The number of para-hydroxylation sites is 1. The van der Waals surface area contributed by atoms with Crippen molar-refractivity contribution in [1.29, 1.82) is 0 Å². The van der Waals surface area contributed by atoms with Crippen molar-refractivity contribution in [3.63, 3.8) is 0 Å². The molecule has 0 fully saturated rings. The third-order valence-electron chi connectivity index (χ3n) is 3.00. The monoisotopic (exact) mass is 312 g/mol. The molecule has 0 saturated carbocycles. The number of imidazole rings is 1. The third-order valence-corrected chi connectivity index (χ3v) is 4.52. The van der Waals surface area contributed by atoms with Gasteiger partial charge in [-0.3, -0.25) is 0 Å². The Labute approximate surface area is 122 Å². The summed E-state index contributed by atoms with van der Waals surface area (Å²) in [6.07, 6.45) is 6.70. The predicted molar refractivity (Wildman–Crippen MR) is 77.5 cm³/mol. The molecule has 0 atom stereocenters.